The Balaban J connectivity index is 2.93. The topological polar surface area (TPSA) is 26.3 Å². The lowest BCUT2D eigenvalue weighted by atomic mass is 10.2. The lowest BCUT2D eigenvalue weighted by Crippen LogP contribution is -2.49. The van der Waals surface area contributed by atoms with Gasteiger partial charge < -0.3 is 4.43 Å². The number of rotatable bonds is 3. The highest BCUT2D eigenvalue weighted by atomic mass is 28.4. The van der Waals surface area contributed by atoms with Crippen molar-refractivity contribution in [1.82, 2.24) is 0 Å². The Morgan fingerprint density at radius 1 is 1.12 bits per heavy atom. The maximum Gasteiger partial charge on any atom is 0.218 e. The van der Waals surface area contributed by atoms with Gasteiger partial charge >= 0.3 is 0 Å². The second kappa shape index (κ2) is 4.51. The third-order valence-corrected chi connectivity index (χ3v) is 5.15. The average molecular weight is 236 g/mol. The van der Waals surface area contributed by atoms with Crippen LogP contribution in [0.1, 0.15) is 31.1 Å². The smallest absolute Gasteiger partial charge is 0.218 e. The molecule has 0 atom stereocenters. The lowest BCUT2D eigenvalue weighted by molar-refractivity contribution is 0.112. The van der Waals surface area contributed by atoms with Crippen molar-refractivity contribution in [2.75, 3.05) is 0 Å². The second-order valence-electron chi connectivity index (χ2n) is 5.46. The predicted molar refractivity (Wildman–Crippen MR) is 69.8 cm³/mol. The molecular weight excluding hydrogens is 216 g/mol. The van der Waals surface area contributed by atoms with Gasteiger partial charge in [-0.25, -0.2) is 0 Å². The third-order valence-electron chi connectivity index (χ3n) is 2.30. The first-order valence-corrected chi connectivity index (χ1v) is 8.41. The average Bonchev–Trinajstić information content (AvgIpc) is 2.14. The number of benzene rings is 1. The quantitative estimate of drug-likeness (QED) is 0.596. The summed E-state index contributed by atoms with van der Waals surface area (Å²) in [5.41, 5.74) is 0.586. The molecule has 0 N–H and O–H groups in total. The molecule has 0 amide bonds. The summed E-state index contributed by atoms with van der Waals surface area (Å²) in [6.45, 7) is 10.6. The molecule has 0 unspecified atom stereocenters. The van der Waals surface area contributed by atoms with Crippen LogP contribution in [0.3, 0.4) is 0 Å². The molecule has 0 spiro atoms. The van der Waals surface area contributed by atoms with E-state index in [9.17, 15) is 4.79 Å². The zero-order valence-electron chi connectivity index (χ0n) is 10.7. The van der Waals surface area contributed by atoms with Gasteiger partial charge in [-0.2, -0.15) is 0 Å². The molecule has 88 valence electrons. The van der Waals surface area contributed by atoms with Gasteiger partial charge in [-0.15, -0.1) is 0 Å². The molecular formula is C13H20O2Si. The van der Waals surface area contributed by atoms with Gasteiger partial charge in [0.1, 0.15) is 6.29 Å². The van der Waals surface area contributed by atoms with Crippen molar-refractivity contribution in [3.05, 3.63) is 29.8 Å². The molecule has 1 rings (SSSR count). The zero-order valence-corrected chi connectivity index (χ0v) is 11.7. The van der Waals surface area contributed by atoms with Crippen molar-refractivity contribution in [3.8, 4) is 0 Å². The number of hydrogen-bond acceptors (Lipinski definition) is 2. The van der Waals surface area contributed by atoms with E-state index >= 15 is 0 Å². The molecule has 0 aliphatic rings. The fraction of sp³-hybridized carbons (Fsp3) is 0.462. The van der Waals surface area contributed by atoms with Crippen LogP contribution < -0.4 is 5.19 Å². The largest absolute Gasteiger partial charge is 0.408 e. The van der Waals surface area contributed by atoms with Gasteiger partial charge in [-0.3, -0.25) is 4.79 Å². The standard InChI is InChI=1S/C13H20O2Si/c1-13(2,3)15-16(4,5)12-8-6-11(10-14)7-9-12/h6-10H,1-5H3. The van der Waals surface area contributed by atoms with Crippen molar-refractivity contribution in [3.63, 3.8) is 0 Å². The molecule has 0 bridgehead atoms. The van der Waals surface area contributed by atoms with Gasteiger partial charge in [0.05, 0.1) is 0 Å². The van der Waals surface area contributed by atoms with Crippen LogP contribution in [0, 0.1) is 0 Å². The maximum absolute atomic E-state index is 10.6. The Kier molecular flexibility index (Phi) is 3.71. The Morgan fingerprint density at radius 2 is 1.62 bits per heavy atom. The van der Waals surface area contributed by atoms with Crippen molar-refractivity contribution in [1.29, 1.82) is 0 Å². The predicted octanol–water partition coefficient (Wildman–Crippen LogP) is 2.73. The van der Waals surface area contributed by atoms with Crippen molar-refractivity contribution in [2.45, 2.75) is 39.5 Å². The van der Waals surface area contributed by atoms with Crippen LogP contribution in [0.2, 0.25) is 13.1 Å². The second-order valence-corrected chi connectivity index (χ2v) is 9.27. The lowest BCUT2D eigenvalue weighted by Gasteiger charge is -2.32. The summed E-state index contributed by atoms with van der Waals surface area (Å²) in [5, 5.41) is 1.22. The fourth-order valence-corrected chi connectivity index (χ4v) is 4.41. The SMILES string of the molecule is CC(C)(C)O[Si](C)(C)c1ccc(C=O)cc1. The van der Waals surface area contributed by atoms with Gasteiger partial charge in [0, 0.05) is 11.2 Å². The molecule has 0 aliphatic heterocycles. The molecule has 0 radical (unpaired) electrons. The minimum Gasteiger partial charge on any atom is -0.408 e. The van der Waals surface area contributed by atoms with Gasteiger partial charge in [-0.05, 0) is 39.1 Å². The molecule has 0 aromatic heterocycles. The third kappa shape index (κ3) is 3.58. The Hall–Kier alpha value is -0.933. The molecule has 16 heavy (non-hydrogen) atoms. The first-order chi connectivity index (χ1) is 7.24. The van der Waals surface area contributed by atoms with E-state index in [1.54, 1.807) is 0 Å². The van der Waals surface area contributed by atoms with Crippen LogP contribution >= 0.6 is 0 Å². The van der Waals surface area contributed by atoms with Crippen LogP contribution in [-0.2, 0) is 4.43 Å². The summed E-state index contributed by atoms with van der Waals surface area (Å²) in [7, 11) is -1.87. The summed E-state index contributed by atoms with van der Waals surface area (Å²) in [5.74, 6) is 0. The molecule has 0 aliphatic carbocycles. The molecule has 3 heteroatoms. The van der Waals surface area contributed by atoms with Crippen LogP contribution in [-0.4, -0.2) is 20.2 Å². The number of carbonyl (C=O) groups excluding carboxylic acids is 1. The van der Waals surface area contributed by atoms with E-state index in [1.165, 1.54) is 5.19 Å². The van der Waals surface area contributed by atoms with Crippen molar-refractivity contribution >= 4 is 19.8 Å². The monoisotopic (exact) mass is 236 g/mol. The highest BCUT2D eigenvalue weighted by Crippen LogP contribution is 2.16. The minimum absolute atomic E-state index is 0.126. The summed E-state index contributed by atoms with van der Waals surface area (Å²) < 4.78 is 6.14. The first-order valence-electron chi connectivity index (χ1n) is 5.50. The number of hydrogen-bond donors (Lipinski definition) is 0. The van der Waals surface area contributed by atoms with Crippen LogP contribution in [0.5, 0.6) is 0 Å². The molecule has 1 aromatic carbocycles. The van der Waals surface area contributed by atoms with E-state index in [2.05, 4.69) is 33.9 Å². The highest BCUT2D eigenvalue weighted by Gasteiger charge is 2.30. The van der Waals surface area contributed by atoms with E-state index in [4.69, 9.17) is 4.43 Å². The van der Waals surface area contributed by atoms with Crippen LogP contribution in [0.25, 0.3) is 0 Å². The molecule has 0 saturated carbocycles. The zero-order chi connectivity index (χ0) is 12.4. The van der Waals surface area contributed by atoms with Crippen molar-refractivity contribution in [2.24, 2.45) is 0 Å². The van der Waals surface area contributed by atoms with Gasteiger partial charge in [0.15, 0.2) is 0 Å². The highest BCUT2D eigenvalue weighted by molar-refractivity contribution is 6.84. The normalized spacial score (nSPS) is 12.6. The first kappa shape index (κ1) is 13.1. The number of aldehydes is 1. The van der Waals surface area contributed by atoms with E-state index in [-0.39, 0.29) is 5.60 Å². The van der Waals surface area contributed by atoms with E-state index < -0.39 is 8.32 Å². The Bertz CT molecular complexity index is 361. The summed E-state index contributed by atoms with van der Waals surface area (Å²) in [4.78, 5) is 10.6. The Labute approximate surface area is 98.8 Å². The van der Waals surface area contributed by atoms with Crippen LogP contribution in [0.15, 0.2) is 24.3 Å². The molecule has 2 nitrogen and oxygen atoms in total. The fourth-order valence-electron chi connectivity index (χ4n) is 1.79. The van der Waals surface area contributed by atoms with Gasteiger partial charge in [-0.1, -0.05) is 24.3 Å². The minimum atomic E-state index is -1.87. The molecule has 0 heterocycles. The molecule has 0 saturated heterocycles. The van der Waals surface area contributed by atoms with E-state index in [0.29, 0.717) is 5.56 Å². The molecule has 1 aromatic rings. The Morgan fingerprint density at radius 3 is 2.00 bits per heavy atom. The van der Waals surface area contributed by atoms with E-state index in [1.807, 2.05) is 24.3 Å². The summed E-state index contributed by atoms with van der Waals surface area (Å²) >= 11 is 0. The van der Waals surface area contributed by atoms with Gasteiger partial charge in [0.25, 0.3) is 0 Å². The number of carbonyl (C=O) groups is 1. The van der Waals surface area contributed by atoms with Crippen molar-refractivity contribution < 1.29 is 9.22 Å². The molecule has 0 fully saturated rings. The van der Waals surface area contributed by atoms with Crippen LogP contribution in [0.4, 0.5) is 0 Å². The van der Waals surface area contributed by atoms with Gasteiger partial charge in [0.2, 0.25) is 8.32 Å². The summed E-state index contributed by atoms with van der Waals surface area (Å²) in [6, 6.07) is 7.70. The summed E-state index contributed by atoms with van der Waals surface area (Å²) in [6.07, 6.45) is 0.864. The van der Waals surface area contributed by atoms with E-state index in [0.717, 1.165) is 6.29 Å². The maximum atomic E-state index is 10.6.